The van der Waals surface area contributed by atoms with E-state index in [4.69, 9.17) is 9.47 Å². The first kappa shape index (κ1) is 20.9. The Balaban J connectivity index is 1.89. The number of ether oxygens (including phenoxy) is 2. The maximum Gasteiger partial charge on any atom is 0.257 e. The molecule has 1 amide bonds. The maximum absolute atomic E-state index is 11.5. The number of methoxy groups -OCH3 is 1. The van der Waals surface area contributed by atoms with Crippen molar-refractivity contribution in [2.45, 2.75) is 51.6 Å². The number of rotatable bonds is 8. The highest BCUT2D eigenvalue weighted by atomic mass is 16.5. The summed E-state index contributed by atoms with van der Waals surface area (Å²) in [5, 5.41) is 9.55. The van der Waals surface area contributed by atoms with Gasteiger partial charge in [-0.05, 0) is 37.5 Å². The molecule has 0 atom stereocenters. The number of nitrogens with one attached hydrogen (secondary N) is 3. The van der Waals surface area contributed by atoms with Crippen molar-refractivity contribution in [2.75, 3.05) is 27.3 Å². The molecule has 1 aliphatic carbocycles. The van der Waals surface area contributed by atoms with E-state index in [1.807, 2.05) is 25.1 Å². The highest BCUT2D eigenvalue weighted by Crippen LogP contribution is 2.28. The van der Waals surface area contributed by atoms with E-state index in [2.05, 4.69) is 20.9 Å². The summed E-state index contributed by atoms with van der Waals surface area (Å²) in [6.07, 6.45) is 6.30. The number of amides is 1. The van der Waals surface area contributed by atoms with E-state index >= 15 is 0 Å². The molecular weight excluding hydrogens is 344 g/mol. The normalized spacial score (nSPS) is 15.1. The first-order valence-corrected chi connectivity index (χ1v) is 9.69. The fourth-order valence-electron chi connectivity index (χ4n) is 3.15. The molecule has 3 N–H and O–H groups in total. The fraction of sp³-hybridized carbons (Fsp3) is 0.600. The van der Waals surface area contributed by atoms with Gasteiger partial charge in [0.25, 0.3) is 5.91 Å². The monoisotopic (exact) mass is 376 g/mol. The van der Waals surface area contributed by atoms with Crippen LogP contribution in [-0.4, -0.2) is 45.2 Å². The zero-order valence-corrected chi connectivity index (χ0v) is 16.6. The predicted molar refractivity (Wildman–Crippen MR) is 107 cm³/mol. The summed E-state index contributed by atoms with van der Waals surface area (Å²) >= 11 is 0. The molecule has 150 valence electrons. The van der Waals surface area contributed by atoms with Gasteiger partial charge in [-0.1, -0.05) is 25.3 Å². The van der Waals surface area contributed by atoms with Crippen LogP contribution in [0, 0.1) is 0 Å². The van der Waals surface area contributed by atoms with Gasteiger partial charge in [0.15, 0.2) is 24.1 Å². The maximum atomic E-state index is 11.5. The van der Waals surface area contributed by atoms with Gasteiger partial charge in [0.2, 0.25) is 0 Å². The topological polar surface area (TPSA) is 84.0 Å². The van der Waals surface area contributed by atoms with Gasteiger partial charge in [-0.15, -0.1) is 0 Å². The van der Waals surface area contributed by atoms with Crippen LogP contribution in [0.1, 0.15) is 44.6 Å². The average molecular weight is 377 g/mol. The molecule has 0 saturated heterocycles. The van der Waals surface area contributed by atoms with Crippen molar-refractivity contribution in [3.05, 3.63) is 23.8 Å². The highest BCUT2D eigenvalue weighted by molar-refractivity contribution is 5.80. The molecule has 0 aliphatic heterocycles. The SMILES string of the molecule is CCNC(=O)COc1ccc(CNC(=NC)NC2CCCCC2)cc1OC. The molecule has 27 heavy (non-hydrogen) atoms. The summed E-state index contributed by atoms with van der Waals surface area (Å²) in [6, 6.07) is 6.20. The van der Waals surface area contributed by atoms with Crippen LogP contribution >= 0.6 is 0 Å². The smallest absolute Gasteiger partial charge is 0.257 e. The molecule has 0 spiro atoms. The summed E-state index contributed by atoms with van der Waals surface area (Å²) in [6.45, 7) is 3.05. The molecule has 0 heterocycles. The summed E-state index contributed by atoms with van der Waals surface area (Å²) in [7, 11) is 3.38. The summed E-state index contributed by atoms with van der Waals surface area (Å²) in [4.78, 5) is 15.9. The summed E-state index contributed by atoms with van der Waals surface area (Å²) in [5.41, 5.74) is 1.05. The first-order chi connectivity index (χ1) is 13.2. The second kappa shape index (κ2) is 11.3. The van der Waals surface area contributed by atoms with Crippen LogP contribution in [-0.2, 0) is 11.3 Å². The van der Waals surface area contributed by atoms with Crippen LogP contribution in [0.4, 0.5) is 0 Å². The number of carbonyl (C=O) groups is 1. The molecule has 7 nitrogen and oxygen atoms in total. The number of guanidine groups is 1. The lowest BCUT2D eigenvalue weighted by Gasteiger charge is -2.25. The third-order valence-electron chi connectivity index (χ3n) is 4.59. The van der Waals surface area contributed by atoms with Crippen LogP contribution in [0.15, 0.2) is 23.2 Å². The number of benzene rings is 1. The minimum Gasteiger partial charge on any atom is -0.493 e. The lowest BCUT2D eigenvalue weighted by molar-refractivity contribution is -0.123. The molecule has 0 unspecified atom stereocenters. The van der Waals surface area contributed by atoms with Gasteiger partial charge in [0.05, 0.1) is 7.11 Å². The Bertz CT molecular complexity index is 628. The fourth-order valence-corrected chi connectivity index (χ4v) is 3.15. The van der Waals surface area contributed by atoms with Crippen molar-refractivity contribution in [2.24, 2.45) is 4.99 Å². The Hall–Kier alpha value is -2.44. The number of carbonyl (C=O) groups excluding carboxylic acids is 1. The van der Waals surface area contributed by atoms with Gasteiger partial charge >= 0.3 is 0 Å². The van der Waals surface area contributed by atoms with Crippen LogP contribution in [0.5, 0.6) is 11.5 Å². The molecule has 1 aromatic carbocycles. The lowest BCUT2D eigenvalue weighted by atomic mass is 9.96. The number of nitrogens with zero attached hydrogens (tertiary/aromatic N) is 1. The Morgan fingerprint density at radius 3 is 2.63 bits per heavy atom. The van der Waals surface area contributed by atoms with Gasteiger partial charge in [0, 0.05) is 26.2 Å². The van der Waals surface area contributed by atoms with Crippen molar-refractivity contribution in [3.63, 3.8) is 0 Å². The van der Waals surface area contributed by atoms with Crippen molar-refractivity contribution in [3.8, 4) is 11.5 Å². The Morgan fingerprint density at radius 2 is 1.96 bits per heavy atom. The van der Waals surface area contributed by atoms with E-state index in [1.54, 1.807) is 14.2 Å². The third kappa shape index (κ3) is 7.00. The van der Waals surface area contributed by atoms with Gasteiger partial charge in [0.1, 0.15) is 0 Å². The molecule has 1 saturated carbocycles. The van der Waals surface area contributed by atoms with Gasteiger partial charge in [-0.2, -0.15) is 0 Å². The van der Waals surface area contributed by atoms with E-state index in [0.717, 1.165) is 11.5 Å². The molecule has 2 rings (SSSR count). The quantitative estimate of drug-likeness (QED) is 0.479. The van der Waals surface area contributed by atoms with Crippen molar-refractivity contribution in [1.29, 1.82) is 0 Å². The van der Waals surface area contributed by atoms with Gasteiger partial charge in [-0.25, -0.2) is 0 Å². The first-order valence-electron chi connectivity index (χ1n) is 9.69. The minimum absolute atomic E-state index is 0.0280. The second-order valence-electron chi connectivity index (χ2n) is 6.63. The molecule has 0 aromatic heterocycles. The zero-order chi connectivity index (χ0) is 19.5. The molecule has 1 aliphatic rings. The largest absolute Gasteiger partial charge is 0.493 e. The van der Waals surface area contributed by atoms with E-state index < -0.39 is 0 Å². The van der Waals surface area contributed by atoms with Gasteiger partial charge in [-0.3, -0.25) is 9.79 Å². The minimum atomic E-state index is -0.150. The average Bonchev–Trinajstić information content (AvgIpc) is 2.70. The Labute approximate surface area is 161 Å². The zero-order valence-electron chi connectivity index (χ0n) is 16.6. The van der Waals surface area contributed by atoms with Gasteiger partial charge < -0.3 is 25.4 Å². The third-order valence-corrected chi connectivity index (χ3v) is 4.59. The van der Waals surface area contributed by atoms with Crippen molar-refractivity contribution < 1.29 is 14.3 Å². The van der Waals surface area contributed by atoms with E-state index in [0.29, 0.717) is 30.6 Å². The van der Waals surface area contributed by atoms with Crippen LogP contribution in [0.2, 0.25) is 0 Å². The van der Waals surface area contributed by atoms with Crippen molar-refractivity contribution in [1.82, 2.24) is 16.0 Å². The Morgan fingerprint density at radius 1 is 1.19 bits per heavy atom. The second-order valence-corrected chi connectivity index (χ2v) is 6.63. The van der Waals surface area contributed by atoms with Crippen LogP contribution in [0.3, 0.4) is 0 Å². The number of hydrogen-bond acceptors (Lipinski definition) is 4. The molecule has 1 aromatic rings. The molecule has 1 fully saturated rings. The van der Waals surface area contributed by atoms with E-state index in [-0.39, 0.29) is 12.5 Å². The molecular formula is C20H32N4O3. The summed E-state index contributed by atoms with van der Waals surface area (Å²) < 4.78 is 11.0. The highest BCUT2D eigenvalue weighted by Gasteiger charge is 2.14. The van der Waals surface area contributed by atoms with E-state index in [9.17, 15) is 4.79 Å². The Kier molecular flexibility index (Phi) is 8.74. The number of likely N-dealkylation sites (N-methyl/N-ethyl adjacent to an activating group) is 1. The lowest BCUT2D eigenvalue weighted by Crippen LogP contribution is -2.43. The van der Waals surface area contributed by atoms with Crippen molar-refractivity contribution >= 4 is 11.9 Å². The van der Waals surface area contributed by atoms with Crippen LogP contribution < -0.4 is 25.4 Å². The predicted octanol–water partition coefficient (Wildman–Crippen LogP) is 2.21. The standard InChI is InChI=1S/C20H32N4O3/c1-4-22-19(25)14-27-17-11-10-15(12-18(17)26-3)13-23-20(21-2)24-16-8-6-5-7-9-16/h10-12,16H,4-9,13-14H2,1-3H3,(H,22,25)(H2,21,23,24). The molecule has 7 heteroatoms. The molecule has 0 radical (unpaired) electrons. The number of aliphatic imine (C=N–C) groups is 1. The van der Waals surface area contributed by atoms with Crippen LogP contribution in [0.25, 0.3) is 0 Å². The molecule has 0 bridgehead atoms. The number of hydrogen-bond donors (Lipinski definition) is 3. The van der Waals surface area contributed by atoms with E-state index in [1.165, 1.54) is 32.1 Å². The summed E-state index contributed by atoms with van der Waals surface area (Å²) in [5.74, 6) is 1.83.